The molecule has 0 radical (unpaired) electrons. The zero-order valence-corrected chi connectivity index (χ0v) is 18.2. The lowest BCUT2D eigenvalue weighted by Gasteiger charge is -2.22. The molecule has 1 fully saturated rings. The fraction of sp³-hybridized carbons (Fsp3) is 0.192. The predicted molar refractivity (Wildman–Crippen MR) is 126 cm³/mol. The quantitative estimate of drug-likeness (QED) is 0.429. The van der Waals surface area contributed by atoms with Gasteiger partial charge in [-0.05, 0) is 68.3 Å². The normalized spacial score (nSPS) is 13.3. The summed E-state index contributed by atoms with van der Waals surface area (Å²) >= 11 is 0. The minimum absolute atomic E-state index is 0.216. The Morgan fingerprint density at radius 1 is 0.909 bits per heavy atom. The van der Waals surface area contributed by atoms with Crippen LogP contribution in [0.25, 0.3) is 22.9 Å². The van der Waals surface area contributed by atoms with Crippen LogP contribution in [-0.2, 0) is 0 Å². The van der Waals surface area contributed by atoms with Crippen molar-refractivity contribution in [2.75, 3.05) is 23.3 Å². The van der Waals surface area contributed by atoms with Crippen molar-refractivity contribution in [3.8, 4) is 22.9 Å². The molecule has 1 amide bonds. The van der Waals surface area contributed by atoms with Gasteiger partial charge in [0.15, 0.2) is 0 Å². The van der Waals surface area contributed by atoms with E-state index < -0.39 is 5.82 Å². The Kier molecular flexibility index (Phi) is 5.60. The molecule has 3 aromatic carbocycles. The molecular weight excluding hydrogens is 419 g/mol. The monoisotopic (exact) mass is 442 g/mol. The Morgan fingerprint density at radius 2 is 1.52 bits per heavy atom. The second-order valence-electron chi connectivity index (χ2n) is 8.14. The fourth-order valence-corrected chi connectivity index (χ4v) is 3.96. The minimum atomic E-state index is -0.445. The average molecular weight is 442 g/mol. The number of rotatable bonds is 5. The highest BCUT2D eigenvalue weighted by molar-refractivity contribution is 6.06. The van der Waals surface area contributed by atoms with Crippen molar-refractivity contribution < 1.29 is 13.6 Å². The first-order valence-electron chi connectivity index (χ1n) is 10.9. The van der Waals surface area contributed by atoms with Crippen molar-refractivity contribution >= 4 is 17.3 Å². The maximum atomic E-state index is 14.6. The van der Waals surface area contributed by atoms with E-state index in [1.807, 2.05) is 37.3 Å². The van der Waals surface area contributed by atoms with Crippen LogP contribution in [0.15, 0.2) is 71.1 Å². The van der Waals surface area contributed by atoms with E-state index in [-0.39, 0.29) is 11.6 Å². The van der Waals surface area contributed by atoms with Gasteiger partial charge in [-0.1, -0.05) is 23.8 Å². The number of para-hydroxylation sites is 1. The summed E-state index contributed by atoms with van der Waals surface area (Å²) in [5.41, 5.74) is 4.03. The average Bonchev–Trinajstić information content (AvgIpc) is 3.54. The van der Waals surface area contributed by atoms with Crippen molar-refractivity contribution in [1.82, 2.24) is 10.2 Å². The number of hydrogen-bond donors (Lipinski definition) is 1. The van der Waals surface area contributed by atoms with Crippen LogP contribution in [0.5, 0.6) is 0 Å². The first kappa shape index (κ1) is 20.9. The van der Waals surface area contributed by atoms with E-state index in [0.29, 0.717) is 28.6 Å². The van der Waals surface area contributed by atoms with Crippen LogP contribution >= 0.6 is 0 Å². The summed E-state index contributed by atoms with van der Waals surface area (Å²) < 4.78 is 20.4. The van der Waals surface area contributed by atoms with Gasteiger partial charge in [0, 0.05) is 29.8 Å². The standard InChI is InChI=1S/C26H23FN4O2/c1-17-7-9-19(10-8-17)25-29-30-26(33-25)20-13-11-18(12-14-20)24(32)28-23-21(27)5-4-6-22(23)31-15-2-3-16-31/h4-14H,2-3,15-16H2,1H3,(H,28,32). The number of aromatic nitrogens is 2. The molecule has 4 aromatic rings. The third kappa shape index (κ3) is 4.35. The lowest BCUT2D eigenvalue weighted by molar-refractivity contribution is 0.102. The SMILES string of the molecule is Cc1ccc(-c2nnc(-c3ccc(C(=O)Nc4c(F)cccc4N4CCCC4)cc3)o2)cc1. The van der Waals surface area contributed by atoms with Crippen molar-refractivity contribution in [3.05, 3.63) is 83.7 Å². The first-order chi connectivity index (χ1) is 16.1. The van der Waals surface area contributed by atoms with Gasteiger partial charge in [0.05, 0.1) is 5.69 Å². The Labute approximate surface area is 191 Å². The maximum Gasteiger partial charge on any atom is 0.255 e. The molecule has 1 aliphatic heterocycles. The maximum absolute atomic E-state index is 14.6. The molecule has 0 spiro atoms. The van der Waals surface area contributed by atoms with Crippen LogP contribution in [-0.4, -0.2) is 29.2 Å². The number of benzene rings is 3. The summed E-state index contributed by atoms with van der Waals surface area (Å²) in [6.45, 7) is 3.73. The summed E-state index contributed by atoms with van der Waals surface area (Å²) in [5, 5.41) is 11.0. The van der Waals surface area contributed by atoms with E-state index in [4.69, 9.17) is 4.42 Å². The molecule has 166 valence electrons. The number of hydrogen-bond acceptors (Lipinski definition) is 5. The molecule has 1 N–H and O–H groups in total. The molecule has 1 aliphatic rings. The van der Waals surface area contributed by atoms with Crippen molar-refractivity contribution in [2.45, 2.75) is 19.8 Å². The van der Waals surface area contributed by atoms with E-state index in [2.05, 4.69) is 20.4 Å². The van der Waals surface area contributed by atoms with Gasteiger partial charge in [-0.15, -0.1) is 10.2 Å². The molecule has 1 aromatic heterocycles. The van der Waals surface area contributed by atoms with E-state index in [9.17, 15) is 9.18 Å². The van der Waals surface area contributed by atoms with Crippen LogP contribution in [0.2, 0.25) is 0 Å². The number of nitrogens with one attached hydrogen (secondary N) is 1. The molecule has 0 unspecified atom stereocenters. The Bertz CT molecular complexity index is 1280. The molecule has 0 bridgehead atoms. The molecule has 5 rings (SSSR count). The predicted octanol–water partition coefficient (Wildman–Crippen LogP) is 5.70. The number of carbonyl (C=O) groups is 1. The number of anilines is 2. The lowest BCUT2D eigenvalue weighted by Crippen LogP contribution is -2.22. The molecule has 1 saturated heterocycles. The van der Waals surface area contributed by atoms with Crippen LogP contribution in [0.4, 0.5) is 15.8 Å². The Balaban J connectivity index is 1.33. The number of nitrogens with zero attached hydrogens (tertiary/aromatic N) is 3. The second kappa shape index (κ2) is 8.86. The Morgan fingerprint density at radius 3 is 2.15 bits per heavy atom. The van der Waals surface area contributed by atoms with Crippen molar-refractivity contribution in [1.29, 1.82) is 0 Å². The fourth-order valence-electron chi connectivity index (χ4n) is 3.96. The van der Waals surface area contributed by atoms with E-state index in [1.54, 1.807) is 30.3 Å². The second-order valence-corrected chi connectivity index (χ2v) is 8.14. The van der Waals surface area contributed by atoms with Gasteiger partial charge >= 0.3 is 0 Å². The van der Waals surface area contributed by atoms with Gasteiger partial charge in [-0.3, -0.25) is 4.79 Å². The highest BCUT2D eigenvalue weighted by atomic mass is 19.1. The number of aryl methyl sites for hydroxylation is 1. The largest absolute Gasteiger partial charge is 0.416 e. The molecule has 6 nitrogen and oxygen atoms in total. The van der Waals surface area contributed by atoms with Gasteiger partial charge in [0.1, 0.15) is 11.5 Å². The summed E-state index contributed by atoms with van der Waals surface area (Å²) in [7, 11) is 0. The van der Waals surface area contributed by atoms with Gasteiger partial charge in [0.25, 0.3) is 5.91 Å². The Hall–Kier alpha value is -4.00. The summed E-state index contributed by atoms with van der Waals surface area (Å²) in [5.74, 6) is -0.0272. The summed E-state index contributed by atoms with van der Waals surface area (Å²) in [6, 6.07) is 19.5. The third-order valence-electron chi connectivity index (χ3n) is 5.79. The highest BCUT2D eigenvalue weighted by Crippen LogP contribution is 2.32. The molecule has 0 atom stereocenters. The van der Waals surface area contributed by atoms with Crippen molar-refractivity contribution in [2.24, 2.45) is 0 Å². The topological polar surface area (TPSA) is 71.3 Å². The molecular formula is C26H23FN4O2. The van der Waals surface area contributed by atoms with Crippen molar-refractivity contribution in [3.63, 3.8) is 0 Å². The van der Waals surface area contributed by atoms with Crippen LogP contribution < -0.4 is 10.2 Å². The molecule has 0 saturated carbocycles. The smallest absolute Gasteiger partial charge is 0.255 e. The van der Waals surface area contributed by atoms with Gasteiger partial charge in [0.2, 0.25) is 11.8 Å². The van der Waals surface area contributed by atoms with Crippen LogP contribution in [0.1, 0.15) is 28.8 Å². The van der Waals surface area contributed by atoms with E-state index >= 15 is 0 Å². The first-order valence-corrected chi connectivity index (χ1v) is 10.9. The minimum Gasteiger partial charge on any atom is -0.416 e. The highest BCUT2D eigenvalue weighted by Gasteiger charge is 2.20. The van der Waals surface area contributed by atoms with Crippen LogP contribution in [0, 0.1) is 12.7 Å². The number of amides is 1. The van der Waals surface area contributed by atoms with Gasteiger partial charge in [-0.2, -0.15) is 0 Å². The molecule has 0 aliphatic carbocycles. The number of halogens is 1. The zero-order valence-electron chi connectivity index (χ0n) is 18.2. The van der Waals surface area contributed by atoms with Gasteiger partial charge < -0.3 is 14.6 Å². The van der Waals surface area contributed by atoms with E-state index in [1.165, 1.54) is 6.07 Å². The van der Waals surface area contributed by atoms with Gasteiger partial charge in [-0.25, -0.2) is 4.39 Å². The van der Waals surface area contributed by atoms with E-state index in [0.717, 1.165) is 37.1 Å². The zero-order chi connectivity index (χ0) is 22.8. The summed E-state index contributed by atoms with van der Waals surface area (Å²) in [6.07, 6.45) is 2.12. The summed E-state index contributed by atoms with van der Waals surface area (Å²) in [4.78, 5) is 15.0. The lowest BCUT2D eigenvalue weighted by atomic mass is 10.1. The van der Waals surface area contributed by atoms with Crippen LogP contribution in [0.3, 0.4) is 0 Å². The molecule has 2 heterocycles. The molecule has 33 heavy (non-hydrogen) atoms. The molecule has 7 heteroatoms. The third-order valence-corrected chi connectivity index (χ3v) is 5.79. The number of carbonyl (C=O) groups excluding carboxylic acids is 1.